The second-order valence-electron chi connectivity index (χ2n) is 12.5. The molecule has 4 saturated carbocycles. The molecular weight excluding hydrogens is 412 g/mol. The van der Waals surface area contributed by atoms with Crippen molar-refractivity contribution >= 4 is 11.5 Å². The minimum atomic E-state index is -0.481. The normalized spacial score (nSPS) is 44.5. The van der Waals surface area contributed by atoms with Gasteiger partial charge in [-0.1, -0.05) is 20.4 Å². The molecule has 0 saturated heterocycles. The molecule has 0 aromatic carbocycles. The SMILES string of the molecule is C=C(NC)c1cnn(CC(=O)[C@H]2CC[C@H]3[C@@H]4CC[C@@H]5C[C@](C)(O)CC[C@]5(C)[C@H]4CC[C@]23C)n1. The maximum absolute atomic E-state index is 13.5. The molecular formula is C27H42N4O2. The lowest BCUT2D eigenvalue weighted by Crippen LogP contribution is -2.55. The second kappa shape index (κ2) is 7.93. The summed E-state index contributed by atoms with van der Waals surface area (Å²) in [6.45, 7) is 11.2. The smallest absolute Gasteiger partial charge is 0.159 e. The van der Waals surface area contributed by atoms with Crippen molar-refractivity contribution < 1.29 is 9.90 Å². The summed E-state index contributed by atoms with van der Waals surface area (Å²) >= 11 is 0. The third-order valence-corrected chi connectivity index (χ3v) is 10.8. The fourth-order valence-corrected chi connectivity index (χ4v) is 8.85. The Morgan fingerprint density at radius 2 is 1.88 bits per heavy atom. The predicted molar refractivity (Wildman–Crippen MR) is 129 cm³/mol. The van der Waals surface area contributed by atoms with Crippen molar-refractivity contribution in [1.82, 2.24) is 20.3 Å². The third-order valence-electron chi connectivity index (χ3n) is 10.8. The van der Waals surface area contributed by atoms with E-state index in [0.717, 1.165) is 43.9 Å². The van der Waals surface area contributed by atoms with Crippen LogP contribution in [0.25, 0.3) is 5.70 Å². The number of carbonyl (C=O) groups is 1. The van der Waals surface area contributed by atoms with Crippen LogP contribution in [-0.4, -0.2) is 38.5 Å². The number of carbonyl (C=O) groups excluding carboxylic acids is 1. The molecule has 33 heavy (non-hydrogen) atoms. The second-order valence-corrected chi connectivity index (χ2v) is 12.5. The highest BCUT2D eigenvalue weighted by atomic mass is 16.3. The molecule has 8 atom stereocenters. The Bertz CT molecular complexity index is 938. The fourth-order valence-electron chi connectivity index (χ4n) is 8.85. The van der Waals surface area contributed by atoms with Crippen molar-refractivity contribution in [3.8, 4) is 0 Å². The van der Waals surface area contributed by atoms with Crippen LogP contribution in [0, 0.1) is 40.4 Å². The Kier molecular flexibility index (Phi) is 5.54. The zero-order valence-corrected chi connectivity index (χ0v) is 20.9. The molecule has 4 aliphatic rings. The minimum Gasteiger partial charge on any atom is -0.390 e. The van der Waals surface area contributed by atoms with Crippen molar-refractivity contribution in [2.45, 2.75) is 90.7 Å². The van der Waals surface area contributed by atoms with Crippen molar-refractivity contribution in [3.05, 3.63) is 18.5 Å². The monoisotopic (exact) mass is 454 g/mol. The van der Waals surface area contributed by atoms with E-state index in [9.17, 15) is 9.90 Å². The molecule has 1 heterocycles. The number of hydrogen-bond acceptors (Lipinski definition) is 5. The number of Topliss-reactive ketones (excluding diaryl/α,β-unsaturated/α-hetero) is 1. The maximum atomic E-state index is 13.5. The lowest BCUT2D eigenvalue weighted by atomic mass is 9.44. The molecule has 0 unspecified atom stereocenters. The number of rotatable bonds is 5. The Labute approximate surface area is 198 Å². The predicted octanol–water partition coefficient (Wildman–Crippen LogP) is 4.45. The van der Waals surface area contributed by atoms with Crippen LogP contribution < -0.4 is 5.32 Å². The quantitative estimate of drug-likeness (QED) is 0.687. The Morgan fingerprint density at radius 3 is 2.64 bits per heavy atom. The summed E-state index contributed by atoms with van der Waals surface area (Å²) in [7, 11) is 1.81. The van der Waals surface area contributed by atoms with Gasteiger partial charge in [-0.3, -0.25) is 4.79 Å². The largest absolute Gasteiger partial charge is 0.390 e. The summed E-state index contributed by atoms with van der Waals surface area (Å²) in [5, 5.41) is 22.5. The van der Waals surface area contributed by atoms with E-state index in [0.29, 0.717) is 34.4 Å². The van der Waals surface area contributed by atoms with Crippen LogP contribution in [0.15, 0.2) is 12.8 Å². The molecule has 182 valence electrons. The topological polar surface area (TPSA) is 80.0 Å². The minimum absolute atomic E-state index is 0.103. The van der Waals surface area contributed by atoms with E-state index in [4.69, 9.17) is 0 Å². The standard InChI is InChI=1S/C27H42N4O2/c1-17(28-5)23-15-29-31(30-23)16-24(32)22-9-8-20-19-7-6-18-14-25(2,33)12-13-26(18,3)21(19)10-11-27(20,22)4/h15,18-22,28,33H,1,6-14,16H2,2-5H3/t18-,19+,20+,21+,22-,25-,26+,27+/m1/s1. The molecule has 6 heteroatoms. The highest BCUT2D eigenvalue weighted by Gasteiger charge is 2.61. The van der Waals surface area contributed by atoms with Crippen LogP contribution in [-0.2, 0) is 11.3 Å². The molecule has 6 nitrogen and oxygen atoms in total. The van der Waals surface area contributed by atoms with Crippen molar-refractivity contribution in [3.63, 3.8) is 0 Å². The zero-order valence-electron chi connectivity index (χ0n) is 20.9. The molecule has 0 spiro atoms. The molecule has 1 aromatic rings. The van der Waals surface area contributed by atoms with Gasteiger partial charge in [-0.25, -0.2) is 0 Å². The number of nitrogens with one attached hydrogen (secondary N) is 1. The third kappa shape index (κ3) is 3.67. The van der Waals surface area contributed by atoms with Gasteiger partial charge in [-0.15, -0.1) is 0 Å². The van der Waals surface area contributed by atoms with Crippen LogP contribution in [0.5, 0.6) is 0 Å². The molecule has 4 aliphatic carbocycles. The molecule has 0 bridgehead atoms. The van der Waals surface area contributed by atoms with Crippen LogP contribution in [0.2, 0.25) is 0 Å². The Hall–Kier alpha value is -1.69. The number of aliphatic hydroxyl groups is 1. The summed E-state index contributed by atoms with van der Waals surface area (Å²) in [5.74, 6) is 3.20. The number of nitrogens with zero attached hydrogens (tertiary/aromatic N) is 3. The van der Waals surface area contributed by atoms with Gasteiger partial charge in [0.1, 0.15) is 12.2 Å². The summed E-state index contributed by atoms with van der Waals surface area (Å²) < 4.78 is 0. The number of hydrogen-bond donors (Lipinski definition) is 2. The van der Waals surface area contributed by atoms with E-state index in [1.54, 1.807) is 11.0 Å². The number of fused-ring (bicyclic) bond motifs is 5. The Morgan fingerprint density at radius 1 is 1.12 bits per heavy atom. The summed E-state index contributed by atoms with van der Waals surface area (Å²) in [4.78, 5) is 15.0. The van der Waals surface area contributed by atoms with Gasteiger partial charge in [-0.05, 0) is 99.2 Å². The van der Waals surface area contributed by atoms with Crippen LogP contribution in [0.4, 0.5) is 0 Å². The van der Waals surface area contributed by atoms with Gasteiger partial charge in [0, 0.05) is 13.0 Å². The first-order chi connectivity index (χ1) is 15.6. The van der Waals surface area contributed by atoms with Gasteiger partial charge in [0.25, 0.3) is 0 Å². The summed E-state index contributed by atoms with van der Waals surface area (Å²) in [5.41, 5.74) is 1.39. The van der Waals surface area contributed by atoms with Crippen LogP contribution in [0.1, 0.15) is 84.3 Å². The first-order valence-corrected chi connectivity index (χ1v) is 13.1. The average Bonchev–Trinajstić information content (AvgIpc) is 3.37. The average molecular weight is 455 g/mol. The van der Waals surface area contributed by atoms with Gasteiger partial charge in [0.15, 0.2) is 5.78 Å². The highest BCUT2D eigenvalue weighted by Crippen LogP contribution is 2.68. The molecule has 5 rings (SSSR count). The molecule has 2 N–H and O–H groups in total. The van der Waals surface area contributed by atoms with E-state index in [1.165, 1.54) is 25.7 Å². The lowest BCUT2D eigenvalue weighted by Gasteiger charge is -2.61. The summed E-state index contributed by atoms with van der Waals surface area (Å²) in [6.07, 6.45) is 11.8. The first kappa shape index (κ1) is 23.1. The molecule has 4 fully saturated rings. The van der Waals surface area contributed by atoms with Gasteiger partial charge in [-0.2, -0.15) is 15.0 Å². The first-order valence-electron chi connectivity index (χ1n) is 13.1. The molecule has 0 aliphatic heterocycles. The van der Waals surface area contributed by atoms with E-state index in [1.807, 2.05) is 14.0 Å². The van der Waals surface area contributed by atoms with Gasteiger partial charge < -0.3 is 10.4 Å². The zero-order chi connectivity index (χ0) is 23.6. The molecule has 1 aromatic heterocycles. The van der Waals surface area contributed by atoms with Crippen molar-refractivity contribution in [2.75, 3.05) is 7.05 Å². The van der Waals surface area contributed by atoms with Gasteiger partial charge in [0.05, 0.1) is 17.5 Å². The van der Waals surface area contributed by atoms with E-state index < -0.39 is 5.60 Å². The molecule has 0 radical (unpaired) electrons. The van der Waals surface area contributed by atoms with Crippen LogP contribution in [0.3, 0.4) is 0 Å². The molecule has 0 amide bonds. The van der Waals surface area contributed by atoms with Crippen LogP contribution >= 0.6 is 0 Å². The summed E-state index contributed by atoms with van der Waals surface area (Å²) in [6, 6.07) is 0. The lowest BCUT2D eigenvalue weighted by molar-refractivity contribution is -0.151. The van der Waals surface area contributed by atoms with E-state index in [-0.39, 0.29) is 17.9 Å². The highest BCUT2D eigenvalue weighted by molar-refractivity contribution is 5.82. The van der Waals surface area contributed by atoms with Gasteiger partial charge >= 0.3 is 0 Å². The van der Waals surface area contributed by atoms with E-state index in [2.05, 4.69) is 35.9 Å². The van der Waals surface area contributed by atoms with Crippen molar-refractivity contribution in [1.29, 1.82) is 0 Å². The van der Waals surface area contributed by atoms with Gasteiger partial charge in [0.2, 0.25) is 0 Å². The maximum Gasteiger partial charge on any atom is 0.159 e. The van der Waals surface area contributed by atoms with Crippen molar-refractivity contribution in [2.24, 2.45) is 40.4 Å². The fraction of sp³-hybridized carbons (Fsp3) is 0.815. The number of aromatic nitrogens is 3. The number of ketones is 1. The Balaban J connectivity index is 1.31. The van der Waals surface area contributed by atoms with E-state index >= 15 is 0 Å².